The molecular weight excluding hydrogens is 262 g/mol. The second-order valence-electron chi connectivity index (χ2n) is 4.30. The van der Waals surface area contributed by atoms with Crippen molar-refractivity contribution in [2.24, 2.45) is 5.73 Å². The third-order valence-electron chi connectivity index (χ3n) is 2.96. The van der Waals surface area contributed by atoms with E-state index in [1.807, 2.05) is 42.8 Å². The number of ether oxygens (including phenoxy) is 1. The zero-order chi connectivity index (χ0) is 13.8. The van der Waals surface area contributed by atoms with Gasteiger partial charge in [-0.05, 0) is 31.5 Å². The maximum atomic E-state index is 6.23. The Labute approximate surface area is 118 Å². The number of nitrogens with two attached hydrogens (primary N) is 1. The zero-order valence-electron chi connectivity index (χ0n) is 11.2. The highest BCUT2D eigenvalue weighted by Crippen LogP contribution is 2.22. The number of hydrogen-bond acceptors (Lipinski definition) is 3. The minimum absolute atomic E-state index is 0.404. The van der Waals surface area contributed by atoms with Crippen LogP contribution in [0.15, 0.2) is 24.3 Å². The number of nitrogens with zero attached hydrogens (tertiary/aromatic N) is 2. The van der Waals surface area contributed by atoms with Crippen molar-refractivity contribution in [1.29, 1.82) is 0 Å². The van der Waals surface area contributed by atoms with Crippen LogP contribution in [0.25, 0.3) is 0 Å². The first kappa shape index (κ1) is 13.9. The van der Waals surface area contributed by atoms with Gasteiger partial charge in [0.05, 0.1) is 16.4 Å². The van der Waals surface area contributed by atoms with Gasteiger partial charge in [-0.1, -0.05) is 23.7 Å². The van der Waals surface area contributed by atoms with Crippen molar-refractivity contribution in [1.82, 2.24) is 9.78 Å². The van der Waals surface area contributed by atoms with Crippen molar-refractivity contribution in [2.75, 3.05) is 0 Å². The molecule has 0 amide bonds. The van der Waals surface area contributed by atoms with Gasteiger partial charge in [0.1, 0.15) is 12.4 Å². The SMILES string of the molecule is CCn1nc(C)c(Cl)c1COc1cccc(CN)c1. The normalized spacial score (nSPS) is 10.7. The third kappa shape index (κ3) is 3.08. The molecule has 2 rings (SSSR count). The molecule has 0 unspecified atom stereocenters. The van der Waals surface area contributed by atoms with Gasteiger partial charge in [-0.2, -0.15) is 5.10 Å². The summed E-state index contributed by atoms with van der Waals surface area (Å²) < 4.78 is 7.64. The summed E-state index contributed by atoms with van der Waals surface area (Å²) in [4.78, 5) is 0. The Bertz CT molecular complexity index is 566. The maximum absolute atomic E-state index is 6.23. The Hall–Kier alpha value is -1.52. The maximum Gasteiger partial charge on any atom is 0.131 e. The minimum atomic E-state index is 0.404. The molecule has 0 aliphatic heterocycles. The molecular formula is C14H18ClN3O. The summed E-state index contributed by atoms with van der Waals surface area (Å²) in [6, 6.07) is 7.75. The van der Waals surface area contributed by atoms with Gasteiger partial charge in [-0.3, -0.25) is 4.68 Å². The van der Waals surface area contributed by atoms with Crippen LogP contribution in [-0.4, -0.2) is 9.78 Å². The number of benzene rings is 1. The molecule has 0 saturated heterocycles. The fourth-order valence-corrected chi connectivity index (χ4v) is 2.11. The van der Waals surface area contributed by atoms with Crippen LogP contribution >= 0.6 is 11.6 Å². The molecule has 2 N–H and O–H groups in total. The Balaban J connectivity index is 2.14. The van der Waals surface area contributed by atoms with E-state index in [1.54, 1.807) is 0 Å². The van der Waals surface area contributed by atoms with Gasteiger partial charge in [0.25, 0.3) is 0 Å². The van der Waals surface area contributed by atoms with Crippen LogP contribution < -0.4 is 10.5 Å². The predicted molar refractivity (Wildman–Crippen MR) is 76.3 cm³/mol. The highest BCUT2D eigenvalue weighted by atomic mass is 35.5. The van der Waals surface area contributed by atoms with E-state index in [9.17, 15) is 0 Å². The molecule has 0 aliphatic carbocycles. The van der Waals surface area contributed by atoms with Gasteiger partial charge in [0, 0.05) is 13.1 Å². The van der Waals surface area contributed by atoms with Crippen LogP contribution in [0.4, 0.5) is 0 Å². The smallest absolute Gasteiger partial charge is 0.131 e. The molecule has 1 aromatic carbocycles. The summed E-state index contributed by atoms with van der Waals surface area (Å²) in [6.07, 6.45) is 0. The van der Waals surface area contributed by atoms with Crippen LogP contribution in [0.5, 0.6) is 5.75 Å². The number of aryl methyl sites for hydroxylation is 2. The van der Waals surface area contributed by atoms with E-state index in [1.165, 1.54) is 0 Å². The van der Waals surface area contributed by atoms with Crippen LogP contribution in [0.2, 0.25) is 5.02 Å². The van der Waals surface area contributed by atoms with Crippen LogP contribution in [0.1, 0.15) is 23.9 Å². The van der Waals surface area contributed by atoms with Crippen molar-refractivity contribution in [2.45, 2.75) is 33.5 Å². The number of halogens is 1. The van der Waals surface area contributed by atoms with Gasteiger partial charge in [-0.25, -0.2) is 0 Å². The summed E-state index contributed by atoms with van der Waals surface area (Å²) >= 11 is 6.23. The molecule has 0 fully saturated rings. The fraction of sp³-hybridized carbons (Fsp3) is 0.357. The Kier molecular flexibility index (Phi) is 4.45. The molecule has 2 aromatic rings. The molecule has 5 heteroatoms. The molecule has 1 heterocycles. The first-order chi connectivity index (χ1) is 9.15. The van der Waals surface area contributed by atoms with Crippen molar-refractivity contribution in [3.8, 4) is 5.75 Å². The van der Waals surface area contributed by atoms with Crippen molar-refractivity contribution < 1.29 is 4.74 Å². The molecule has 102 valence electrons. The first-order valence-corrected chi connectivity index (χ1v) is 6.67. The Morgan fingerprint density at radius 1 is 1.42 bits per heavy atom. The monoisotopic (exact) mass is 279 g/mol. The first-order valence-electron chi connectivity index (χ1n) is 6.29. The molecule has 0 saturated carbocycles. The zero-order valence-corrected chi connectivity index (χ0v) is 11.9. The average Bonchev–Trinajstić information content (AvgIpc) is 2.72. The van der Waals surface area contributed by atoms with Gasteiger partial charge in [0.2, 0.25) is 0 Å². The number of aromatic nitrogens is 2. The number of hydrogen-bond donors (Lipinski definition) is 1. The van der Waals surface area contributed by atoms with Gasteiger partial charge < -0.3 is 10.5 Å². The summed E-state index contributed by atoms with van der Waals surface area (Å²) in [5.74, 6) is 0.792. The van der Waals surface area contributed by atoms with Gasteiger partial charge >= 0.3 is 0 Å². The van der Waals surface area contributed by atoms with Crippen molar-refractivity contribution in [3.05, 3.63) is 46.2 Å². The van der Waals surface area contributed by atoms with Crippen molar-refractivity contribution in [3.63, 3.8) is 0 Å². The van der Waals surface area contributed by atoms with E-state index in [0.29, 0.717) is 18.2 Å². The predicted octanol–water partition coefficient (Wildman–Crippen LogP) is 2.90. The lowest BCUT2D eigenvalue weighted by Gasteiger charge is -2.09. The van der Waals surface area contributed by atoms with Gasteiger partial charge in [-0.15, -0.1) is 0 Å². The van der Waals surface area contributed by atoms with E-state index < -0.39 is 0 Å². The molecule has 0 atom stereocenters. The molecule has 0 bridgehead atoms. The topological polar surface area (TPSA) is 53.1 Å². The standard InChI is InChI=1S/C14H18ClN3O/c1-3-18-13(14(15)10(2)17-18)9-19-12-6-4-5-11(7-12)8-16/h4-7H,3,8-9,16H2,1-2H3. The fourth-order valence-electron chi connectivity index (χ4n) is 1.92. The molecule has 4 nitrogen and oxygen atoms in total. The van der Waals surface area contributed by atoms with E-state index in [-0.39, 0.29) is 0 Å². The second kappa shape index (κ2) is 6.08. The highest BCUT2D eigenvalue weighted by Gasteiger charge is 2.12. The largest absolute Gasteiger partial charge is 0.487 e. The molecule has 0 aliphatic rings. The summed E-state index contributed by atoms with van der Waals surface area (Å²) in [7, 11) is 0. The lowest BCUT2D eigenvalue weighted by molar-refractivity contribution is 0.292. The lowest BCUT2D eigenvalue weighted by Crippen LogP contribution is -2.07. The molecule has 0 radical (unpaired) electrons. The van der Waals surface area contributed by atoms with E-state index in [0.717, 1.165) is 29.2 Å². The Morgan fingerprint density at radius 3 is 2.89 bits per heavy atom. The molecule has 19 heavy (non-hydrogen) atoms. The number of rotatable bonds is 5. The van der Waals surface area contributed by atoms with Gasteiger partial charge in [0.15, 0.2) is 0 Å². The van der Waals surface area contributed by atoms with E-state index >= 15 is 0 Å². The second-order valence-corrected chi connectivity index (χ2v) is 4.68. The Morgan fingerprint density at radius 2 is 2.21 bits per heavy atom. The molecule has 0 spiro atoms. The lowest BCUT2D eigenvalue weighted by atomic mass is 10.2. The van der Waals surface area contributed by atoms with Crippen LogP contribution in [-0.2, 0) is 19.7 Å². The third-order valence-corrected chi connectivity index (χ3v) is 3.45. The summed E-state index contributed by atoms with van der Waals surface area (Å²) in [5, 5.41) is 5.04. The average molecular weight is 280 g/mol. The highest BCUT2D eigenvalue weighted by molar-refractivity contribution is 6.31. The summed E-state index contributed by atoms with van der Waals surface area (Å²) in [5.41, 5.74) is 8.39. The summed E-state index contributed by atoms with van der Waals surface area (Å²) in [6.45, 7) is 5.61. The van der Waals surface area contributed by atoms with E-state index in [2.05, 4.69) is 5.10 Å². The molecule has 1 aromatic heterocycles. The quantitative estimate of drug-likeness (QED) is 0.916. The van der Waals surface area contributed by atoms with Crippen molar-refractivity contribution >= 4 is 11.6 Å². The van der Waals surface area contributed by atoms with Crippen LogP contribution in [0, 0.1) is 6.92 Å². The minimum Gasteiger partial charge on any atom is -0.487 e. The van der Waals surface area contributed by atoms with E-state index in [4.69, 9.17) is 22.1 Å². The van der Waals surface area contributed by atoms with Crippen LogP contribution in [0.3, 0.4) is 0 Å².